The Balaban J connectivity index is 2.30. The van der Waals surface area contributed by atoms with E-state index in [2.05, 4.69) is 26.0 Å². The van der Waals surface area contributed by atoms with E-state index in [0.29, 0.717) is 10.8 Å². The molecule has 0 aliphatic carbocycles. The molecule has 0 heterocycles. The third kappa shape index (κ3) is 5.94. The SMILES string of the molecule is COC(=O)C(Br)CNC(=O)COc1cccc(Cl)c1. The zero-order valence-electron chi connectivity index (χ0n) is 10.2. The lowest BCUT2D eigenvalue weighted by Gasteiger charge is -2.10. The number of hydrogen-bond acceptors (Lipinski definition) is 4. The Morgan fingerprint density at radius 3 is 2.84 bits per heavy atom. The normalized spacial score (nSPS) is 11.5. The number of methoxy groups -OCH3 is 1. The fourth-order valence-electron chi connectivity index (χ4n) is 1.17. The number of rotatable bonds is 6. The summed E-state index contributed by atoms with van der Waals surface area (Å²) < 4.78 is 9.74. The topological polar surface area (TPSA) is 64.6 Å². The van der Waals surface area contributed by atoms with Gasteiger partial charge in [-0.05, 0) is 18.2 Å². The molecule has 1 aromatic carbocycles. The minimum Gasteiger partial charge on any atom is -0.484 e. The fraction of sp³-hybridized carbons (Fsp3) is 0.333. The summed E-state index contributed by atoms with van der Waals surface area (Å²) in [5, 5.41) is 3.07. The molecule has 7 heteroatoms. The van der Waals surface area contributed by atoms with E-state index in [9.17, 15) is 9.59 Å². The molecule has 1 rings (SSSR count). The minimum atomic E-state index is -0.576. The molecule has 1 atom stereocenters. The molecule has 0 fully saturated rings. The first-order valence-corrected chi connectivity index (χ1v) is 6.69. The zero-order chi connectivity index (χ0) is 14.3. The number of ether oxygens (including phenoxy) is 2. The maximum atomic E-state index is 11.5. The van der Waals surface area contributed by atoms with Crippen LogP contribution in [0.4, 0.5) is 0 Å². The van der Waals surface area contributed by atoms with Crippen LogP contribution >= 0.6 is 27.5 Å². The Bertz CT molecular complexity index is 455. The third-order valence-corrected chi connectivity index (χ3v) is 3.03. The van der Waals surface area contributed by atoms with Crippen molar-refractivity contribution in [3.8, 4) is 5.75 Å². The van der Waals surface area contributed by atoms with Gasteiger partial charge in [-0.2, -0.15) is 0 Å². The van der Waals surface area contributed by atoms with Crippen molar-refractivity contribution in [1.29, 1.82) is 0 Å². The lowest BCUT2D eigenvalue weighted by molar-refractivity contribution is -0.139. The van der Waals surface area contributed by atoms with Gasteiger partial charge in [0, 0.05) is 11.6 Å². The summed E-state index contributed by atoms with van der Waals surface area (Å²) >= 11 is 8.87. The predicted octanol–water partition coefficient (Wildman–Crippen LogP) is 1.77. The Labute approximate surface area is 124 Å². The largest absolute Gasteiger partial charge is 0.484 e. The van der Waals surface area contributed by atoms with E-state index in [4.69, 9.17) is 16.3 Å². The number of amides is 1. The van der Waals surface area contributed by atoms with Crippen LogP contribution in [0, 0.1) is 0 Å². The Morgan fingerprint density at radius 1 is 1.47 bits per heavy atom. The zero-order valence-corrected chi connectivity index (χ0v) is 12.5. The maximum Gasteiger partial charge on any atom is 0.321 e. The van der Waals surface area contributed by atoms with Crippen LogP contribution in [-0.2, 0) is 14.3 Å². The molecule has 5 nitrogen and oxygen atoms in total. The minimum absolute atomic E-state index is 0.129. The van der Waals surface area contributed by atoms with Crippen LogP contribution in [0.3, 0.4) is 0 Å². The van der Waals surface area contributed by atoms with Crippen molar-refractivity contribution in [2.75, 3.05) is 20.3 Å². The van der Waals surface area contributed by atoms with Gasteiger partial charge in [0.25, 0.3) is 5.91 Å². The summed E-state index contributed by atoms with van der Waals surface area (Å²) in [6.07, 6.45) is 0. The highest BCUT2D eigenvalue weighted by Crippen LogP contribution is 2.16. The molecule has 0 radical (unpaired) electrons. The standard InChI is InChI=1S/C12H13BrClNO4/c1-18-12(17)10(13)6-15-11(16)7-19-9-4-2-3-8(14)5-9/h2-5,10H,6-7H2,1H3,(H,15,16). The molecule has 0 aromatic heterocycles. The van der Waals surface area contributed by atoms with Crippen LogP contribution in [0.2, 0.25) is 5.02 Å². The number of hydrogen-bond donors (Lipinski definition) is 1. The summed E-state index contributed by atoms with van der Waals surface area (Å²) in [5.74, 6) is -0.282. The second-order valence-corrected chi connectivity index (χ2v) is 5.08. The van der Waals surface area contributed by atoms with Crippen molar-refractivity contribution < 1.29 is 19.1 Å². The molecular weight excluding hydrogens is 337 g/mol. The molecule has 104 valence electrons. The number of carbonyl (C=O) groups is 2. The molecular formula is C12H13BrClNO4. The first-order chi connectivity index (χ1) is 9.02. The summed E-state index contributed by atoms with van der Waals surface area (Å²) in [4.78, 5) is 22.0. The van der Waals surface area contributed by atoms with Gasteiger partial charge in [0.2, 0.25) is 0 Å². The third-order valence-electron chi connectivity index (χ3n) is 2.10. The van der Waals surface area contributed by atoms with Gasteiger partial charge in [0.05, 0.1) is 7.11 Å². The second-order valence-electron chi connectivity index (χ2n) is 3.54. The number of alkyl halides is 1. The molecule has 0 aliphatic rings. The van der Waals surface area contributed by atoms with E-state index >= 15 is 0 Å². The van der Waals surface area contributed by atoms with Crippen LogP contribution in [0.15, 0.2) is 24.3 Å². The van der Waals surface area contributed by atoms with E-state index in [1.54, 1.807) is 24.3 Å². The van der Waals surface area contributed by atoms with E-state index in [1.807, 2.05) is 0 Å². The lowest BCUT2D eigenvalue weighted by Crippen LogP contribution is -2.36. The molecule has 1 aromatic rings. The Hall–Kier alpha value is -1.27. The molecule has 1 amide bonds. The van der Waals surface area contributed by atoms with Crippen molar-refractivity contribution in [3.05, 3.63) is 29.3 Å². The summed E-state index contributed by atoms with van der Waals surface area (Å²) in [7, 11) is 1.28. The quantitative estimate of drug-likeness (QED) is 0.627. The highest BCUT2D eigenvalue weighted by Gasteiger charge is 2.16. The van der Waals surface area contributed by atoms with E-state index < -0.39 is 10.8 Å². The number of carbonyl (C=O) groups excluding carboxylic acids is 2. The van der Waals surface area contributed by atoms with Crippen molar-refractivity contribution in [2.45, 2.75) is 4.83 Å². The summed E-state index contributed by atoms with van der Waals surface area (Å²) in [5.41, 5.74) is 0. The highest BCUT2D eigenvalue weighted by molar-refractivity contribution is 9.10. The van der Waals surface area contributed by atoms with Gasteiger partial charge in [0.1, 0.15) is 10.6 Å². The molecule has 0 bridgehead atoms. The monoisotopic (exact) mass is 349 g/mol. The molecule has 0 spiro atoms. The van der Waals surface area contributed by atoms with E-state index in [-0.39, 0.29) is 19.1 Å². The first kappa shape index (κ1) is 15.8. The molecule has 0 aliphatic heterocycles. The van der Waals surface area contributed by atoms with Crippen molar-refractivity contribution >= 4 is 39.4 Å². The number of esters is 1. The van der Waals surface area contributed by atoms with Crippen molar-refractivity contribution in [2.24, 2.45) is 0 Å². The van der Waals surface area contributed by atoms with Crippen molar-refractivity contribution in [1.82, 2.24) is 5.32 Å². The van der Waals surface area contributed by atoms with Gasteiger partial charge in [-0.1, -0.05) is 33.6 Å². The van der Waals surface area contributed by atoms with Crippen LogP contribution in [0.25, 0.3) is 0 Å². The summed E-state index contributed by atoms with van der Waals surface area (Å²) in [6.45, 7) is -0.0222. The average Bonchev–Trinajstić information content (AvgIpc) is 2.41. The number of benzene rings is 1. The lowest BCUT2D eigenvalue weighted by atomic mass is 10.3. The van der Waals surface area contributed by atoms with Gasteiger partial charge in [0.15, 0.2) is 6.61 Å². The van der Waals surface area contributed by atoms with Gasteiger partial charge in [-0.25, -0.2) is 0 Å². The Morgan fingerprint density at radius 2 is 2.21 bits per heavy atom. The Kier molecular flexibility index (Phi) is 6.66. The fourth-order valence-corrected chi connectivity index (χ4v) is 1.70. The second kappa shape index (κ2) is 8.01. The van der Waals surface area contributed by atoms with Gasteiger partial charge < -0.3 is 14.8 Å². The van der Waals surface area contributed by atoms with Gasteiger partial charge >= 0.3 is 5.97 Å². The number of halogens is 2. The van der Waals surface area contributed by atoms with Crippen LogP contribution < -0.4 is 10.1 Å². The molecule has 1 unspecified atom stereocenters. The molecule has 19 heavy (non-hydrogen) atoms. The van der Waals surface area contributed by atoms with Gasteiger partial charge in [-0.3, -0.25) is 9.59 Å². The van der Waals surface area contributed by atoms with Crippen LogP contribution in [0.5, 0.6) is 5.75 Å². The first-order valence-electron chi connectivity index (χ1n) is 5.40. The smallest absolute Gasteiger partial charge is 0.321 e. The van der Waals surface area contributed by atoms with Crippen LogP contribution in [-0.4, -0.2) is 37.0 Å². The average molecular weight is 351 g/mol. The molecule has 0 saturated heterocycles. The molecule has 1 N–H and O–H groups in total. The van der Waals surface area contributed by atoms with Gasteiger partial charge in [-0.15, -0.1) is 0 Å². The van der Waals surface area contributed by atoms with Crippen LogP contribution in [0.1, 0.15) is 0 Å². The highest BCUT2D eigenvalue weighted by atomic mass is 79.9. The predicted molar refractivity (Wildman–Crippen MR) is 74.7 cm³/mol. The number of nitrogens with one attached hydrogen (secondary N) is 1. The summed E-state index contributed by atoms with van der Waals surface area (Å²) in [6, 6.07) is 6.74. The van der Waals surface area contributed by atoms with E-state index in [1.165, 1.54) is 7.11 Å². The maximum absolute atomic E-state index is 11.5. The molecule has 0 saturated carbocycles. The van der Waals surface area contributed by atoms with E-state index in [0.717, 1.165) is 0 Å². The van der Waals surface area contributed by atoms with Crippen molar-refractivity contribution in [3.63, 3.8) is 0 Å².